The van der Waals surface area contributed by atoms with E-state index in [1.54, 1.807) is 6.07 Å². The Balaban J connectivity index is 2.27. The van der Waals surface area contributed by atoms with Crippen molar-refractivity contribution in [3.05, 3.63) is 76.9 Å². The molecule has 0 bridgehead atoms. The summed E-state index contributed by atoms with van der Waals surface area (Å²) in [6.45, 7) is 2.04. The minimum atomic E-state index is 0.234. The third-order valence-electron chi connectivity index (χ3n) is 3.51. The zero-order valence-electron chi connectivity index (χ0n) is 12.0. The first-order valence-electron chi connectivity index (χ1n) is 6.92. The summed E-state index contributed by atoms with van der Waals surface area (Å²) in [6, 6.07) is 21.9. The lowest BCUT2D eigenvalue weighted by atomic mass is 9.97. The van der Waals surface area contributed by atoms with Crippen molar-refractivity contribution in [3.8, 4) is 28.5 Å². The molecule has 1 heterocycles. The smallest absolute Gasteiger partial charge is 0.147 e. The molecule has 0 atom stereocenters. The van der Waals surface area contributed by atoms with Crippen molar-refractivity contribution < 1.29 is 0 Å². The average Bonchev–Trinajstić information content (AvgIpc) is 2.56. The van der Waals surface area contributed by atoms with E-state index in [1.165, 1.54) is 5.56 Å². The van der Waals surface area contributed by atoms with Crippen LogP contribution in [0.15, 0.2) is 60.7 Å². The van der Waals surface area contributed by atoms with Gasteiger partial charge in [0.05, 0.1) is 11.3 Å². The highest BCUT2D eigenvalue weighted by molar-refractivity contribution is 6.30. The van der Waals surface area contributed by atoms with Gasteiger partial charge >= 0.3 is 0 Å². The van der Waals surface area contributed by atoms with Gasteiger partial charge in [0.15, 0.2) is 0 Å². The Bertz CT molecular complexity index is 847. The van der Waals surface area contributed by atoms with Crippen LogP contribution in [0.25, 0.3) is 22.4 Å². The first kappa shape index (κ1) is 14.3. The Kier molecular flexibility index (Phi) is 3.91. The quantitative estimate of drug-likeness (QED) is 0.606. The number of rotatable bonds is 2. The summed E-state index contributed by atoms with van der Waals surface area (Å²) in [5, 5.41) is 9.45. The first-order chi connectivity index (χ1) is 10.7. The van der Waals surface area contributed by atoms with Gasteiger partial charge in [0.25, 0.3) is 0 Å². The molecular weight excluding hydrogens is 292 g/mol. The van der Waals surface area contributed by atoms with Crippen molar-refractivity contribution in [2.75, 3.05) is 0 Å². The molecule has 106 valence electrons. The molecule has 3 heteroatoms. The van der Waals surface area contributed by atoms with E-state index in [-0.39, 0.29) is 5.15 Å². The average molecular weight is 305 g/mol. The fourth-order valence-corrected chi connectivity index (χ4v) is 2.52. The number of nitriles is 1. The molecule has 3 aromatic rings. The fraction of sp³-hybridized carbons (Fsp3) is 0.0526. The number of hydrogen-bond donors (Lipinski definition) is 0. The summed E-state index contributed by atoms with van der Waals surface area (Å²) in [5.41, 5.74) is 5.26. The highest BCUT2D eigenvalue weighted by atomic mass is 35.5. The van der Waals surface area contributed by atoms with Crippen LogP contribution in [0.4, 0.5) is 0 Å². The molecule has 2 nitrogen and oxygen atoms in total. The van der Waals surface area contributed by atoms with E-state index in [2.05, 4.69) is 11.1 Å². The van der Waals surface area contributed by atoms with Gasteiger partial charge in [-0.2, -0.15) is 5.26 Å². The van der Waals surface area contributed by atoms with Gasteiger partial charge in [0.1, 0.15) is 11.2 Å². The van der Waals surface area contributed by atoms with Gasteiger partial charge in [-0.15, -0.1) is 0 Å². The van der Waals surface area contributed by atoms with Crippen LogP contribution in [-0.2, 0) is 0 Å². The monoisotopic (exact) mass is 304 g/mol. The van der Waals surface area contributed by atoms with E-state index in [1.807, 2.05) is 61.5 Å². The van der Waals surface area contributed by atoms with Crippen LogP contribution < -0.4 is 0 Å². The molecule has 0 saturated carbocycles. The SMILES string of the molecule is Cc1ccc(-c2nc(Cl)c(C#N)cc2-c2ccccc2)cc1. The van der Waals surface area contributed by atoms with Crippen LogP contribution in [0.5, 0.6) is 0 Å². The lowest BCUT2D eigenvalue weighted by molar-refractivity contribution is 1.30. The lowest BCUT2D eigenvalue weighted by Gasteiger charge is -2.11. The maximum atomic E-state index is 9.21. The molecule has 3 rings (SSSR count). The Hall–Kier alpha value is -2.63. The summed E-state index contributed by atoms with van der Waals surface area (Å²) >= 11 is 6.14. The fourth-order valence-electron chi connectivity index (χ4n) is 2.34. The Morgan fingerprint density at radius 3 is 2.27 bits per heavy atom. The summed E-state index contributed by atoms with van der Waals surface area (Å²) < 4.78 is 0. The summed E-state index contributed by atoms with van der Waals surface area (Å²) in [5.74, 6) is 0. The summed E-state index contributed by atoms with van der Waals surface area (Å²) in [7, 11) is 0. The molecule has 0 aliphatic carbocycles. The van der Waals surface area contributed by atoms with Crippen LogP contribution in [0, 0.1) is 18.3 Å². The van der Waals surface area contributed by atoms with Crippen molar-refractivity contribution in [1.82, 2.24) is 4.98 Å². The molecule has 0 radical (unpaired) electrons. The number of hydrogen-bond acceptors (Lipinski definition) is 2. The maximum Gasteiger partial charge on any atom is 0.147 e. The van der Waals surface area contributed by atoms with Gasteiger partial charge in [-0.1, -0.05) is 71.8 Å². The van der Waals surface area contributed by atoms with Crippen LogP contribution in [0.1, 0.15) is 11.1 Å². The normalized spacial score (nSPS) is 10.2. The van der Waals surface area contributed by atoms with Crippen molar-refractivity contribution in [3.63, 3.8) is 0 Å². The Morgan fingerprint density at radius 2 is 1.64 bits per heavy atom. The largest absolute Gasteiger partial charge is 0.234 e. The third kappa shape index (κ3) is 2.72. The van der Waals surface area contributed by atoms with Gasteiger partial charge in [-0.3, -0.25) is 0 Å². The second-order valence-electron chi connectivity index (χ2n) is 5.07. The minimum absolute atomic E-state index is 0.234. The summed E-state index contributed by atoms with van der Waals surface area (Å²) in [6.07, 6.45) is 0. The van der Waals surface area contributed by atoms with E-state index in [0.29, 0.717) is 5.56 Å². The van der Waals surface area contributed by atoms with Crippen LogP contribution >= 0.6 is 11.6 Å². The molecule has 0 aliphatic rings. The highest BCUT2D eigenvalue weighted by Crippen LogP contribution is 2.33. The van der Waals surface area contributed by atoms with Gasteiger partial charge in [0, 0.05) is 11.1 Å². The number of pyridine rings is 1. The third-order valence-corrected chi connectivity index (χ3v) is 3.79. The van der Waals surface area contributed by atoms with Crippen molar-refractivity contribution in [1.29, 1.82) is 5.26 Å². The van der Waals surface area contributed by atoms with Crippen molar-refractivity contribution in [2.24, 2.45) is 0 Å². The molecule has 0 saturated heterocycles. The number of nitrogens with zero attached hydrogens (tertiary/aromatic N) is 2. The maximum absolute atomic E-state index is 9.21. The van der Waals surface area contributed by atoms with Crippen molar-refractivity contribution in [2.45, 2.75) is 6.92 Å². The van der Waals surface area contributed by atoms with E-state index in [4.69, 9.17) is 11.6 Å². The molecule has 1 aromatic heterocycles. The van der Waals surface area contributed by atoms with E-state index in [9.17, 15) is 5.26 Å². The predicted molar refractivity (Wildman–Crippen MR) is 89.6 cm³/mol. The van der Waals surface area contributed by atoms with E-state index in [0.717, 1.165) is 22.4 Å². The van der Waals surface area contributed by atoms with Crippen LogP contribution in [0.2, 0.25) is 5.15 Å². The predicted octanol–water partition coefficient (Wildman–Crippen LogP) is 5.25. The molecule has 2 aromatic carbocycles. The van der Waals surface area contributed by atoms with Crippen LogP contribution in [0.3, 0.4) is 0 Å². The topological polar surface area (TPSA) is 36.7 Å². The molecule has 0 spiro atoms. The second kappa shape index (κ2) is 6.01. The minimum Gasteiger partial charge on any atom is -0.234 e. The lowest BCUT2D eigenvalue weighted by Crippen LogP contribution is -1.93. The second-order valence-corrected chi connectivity index (χ2v) is 5.42. The molecule has 22 heavy (non-hydrogen) atoms. The standard InChI is InChI=1S/C19H13ClN2/c1-13-7-9-15(10-8-13)18-17(14-5-3-2-4-6-14)11-16(12-21)19(20)22-18/h2-11H,1H3. The Morgan fingerprint density at radius 1 is 0.955 bits per heavy atom. The molecule has 0 N–H and O–H groups in total. The number of aromatic nitrogens is 1. The van der Waals surface area contributed by atoms with Gasteiger partial charge in [-0.25, -0.2) is 4.98 Å². The molecular formula is C19H13ClN2. The zero-order valence-corrected chi connectivity index (χ0v) is 12.8. The van der Waals surface area contributed by atoms with Gasteiger partial charge < -0.3 is 0 Å². The first-order valence-corrected chi connectivity index (χ1v) is 7.30. The number of benzene rings is 2. The van der Waals surface area contributed by atoms with E-state index < -0.39 is 0 Å². The van der Waals surface area contributed by atoms with E-state index >= 15 is 0 Å². The molecule has 0 aliphatic heterocycles. The van der Waals surface area contributed by atoms with Gasteiger partial charge in [0.2, 0.25) is 0 Å². The zero-order chi connectivity index (χ0) is 15.5. The van der Waals surface area contributed by atoms with Gasteiger partial charge in [-0.05, 0) is 18.6 Å². The summed E-state index contributed by atoms with van der Waals surface area (Å²) in [4.78, 5) is 4.46. The molecule has 0 unspecified atom stereocenters. The number of halogens is 1. The number of aryl methyl sites for hydroxylation is 1. The Labute approximate surface area is 134 Å². The van der Waals surface area contributed by atoms with Crippen molar-refractivity contribution >= 4 is 11.6 Å². The highest BCUT2D eigenvalue weighted by Gasteiger charge is 2.13. The molecule has 0 fully saturated rings. The van der Waals surface area contributed by atoms with Crippen LogP contribution in [-0.4, -0.2) is 4.98 Å². The molecule has 0 amide bonds.